The smallest absolute Gasteiger partial charge is 0.170 e. The van der Waals surface area contributed by atoms with Crippen molar-refractivity contribution in [3.8, 4) is 0 Å². The summed E-state index contributed by atoms with van der Waals surface area (Å²) in [5.74, 6) is 1.43. The summed E-state index contributed by atoms with van der Waals surface area (Å²) in [5.41, 5.74) is 2.44. The predicted octanol–water partition coefficient (Wildman–Crippen LogP) is 2.82. The van der Waals surface area contributed by atoms with E-state index >= 15 is 0 Å². The number of rotatable bonds is 6. The van der Waals surface area contributed by atoms with E-state index in [4.69, 9.17) is 0 Å². The summed E-state index contributed by atoms with van der Waals surface area (Å²) in [7, 11) is 0. The molecule has 0 aliphatic heterocycles. The summed E-state index contributed by atoms with van der Waals surface area (Å²) in [6.45, 7) is 8.01. The van der Waals surface area contributed by atoms with Crippen molar-refractivity contribution in [3.05, 3.63) is 35.7 Å². The summed E-state index contributed by atoms with van der Waals surface area (Å²) in [6.07, 6.45) is 1.03. The number of hydrogen-bond acceptors (Lipinski definition) is 4. The number of tetrazole rings is 1. The predicted molar refractivity (Wildman–Crippen MR) is 76.0 cm³/mol. The van der Waals surface area contributed by atoms with E-state index in [9.17, 15) is 0 Å². The number of anilines is 1. The second-order valence-corrected chi connectivity index (χ2v) is 4.95. The van der Waals surface area contributed by atoms with Gasteiger partial charge in [-0.1, -0.05) is 32.9 Å². The Bertz CT molecular complexity index is 501. The van der Waals surface area contributed by atoms with Crippen molar-refractivity contribution in [2.24, 2.45) is 0 Å². The summed E-state index contributed by atoms with van der Waals surface area (Å²) in [4.78, 5) is 0. The molecule has 0 fully saturated rings. The Morgan fingerprint density at radius 2 is 1.95 bits per heavy atom. The Kier molecular flexibility index (Phi) is 4.49. The van der Waals surface area contributed by atoms with Crippen LogP contribution < -0.4 is 5.32 Å². The molecule has 0 atom stereocenters. The van der Waals surface area contributed by atoms with Crippen LogP contribution in [0.1, 0.15) is 44.5 Å². The molecule has 0 unspecified atom stereocenters. The Labute approximate surface area is 114 Å². The second-order valence-electron chi connectivity index (χ2n) is 4.95. The van der Waals surface area contributed by atoms with Crippen LogP contribution in [0.4, 0.5) is 5.69 Å². The van der Waals surface area contributed by atoms with Gasteiger partial charge < -0.3 is 5.32 Å². The van der Waals surface area contributed by atoms with Crippen LogP contribution >= 0.6 is 0 Å². The molecule has 2 rings (SSSR count). The van der Waals surface area contributed by atoms with Gasteiger partial charge in [-0.3, -0.25) is 0 Å². The third-order valence-electron chi connectivity index (χ3n) is 3.07. The molecule has 0 aliphatic rings. The van der Waals surface area contributed by atoms with Crippen LogP contribution in [0.25, 0.3) is 0 Å². The van der Waals surface area contributed by atoms with Crippen molar-refractivity contribution in [1.29, 1.82) is 0 Å². The Hall–Kier alpha value is -1.91. The lowest BCUT2D eigenvalue weighted by molar-refractivity contribution is 0.558. The van der Waals surface area contributed by atoms with Crippen molar-refractivity contribution in [2.75, 3.05) is 5.32 Å². The van der Waals surface area contributed by atoms with Crippen LogP contribution in [0.5, 0.6) is 0 Å². The van der Waals surface area contributed by atoms with Crippen molar-refractivity contribution < 1.29 is 0 Å². The van der Waals surface area contributed by atoms with Crippen LogP contribution in [0, 0.1) is 0 Å². The van der Waals surface area contributed by atoms with Gasteiger partial charge in [0.15, 0.2) is 5.82 Å². The number of aromatic nitrogens is 4. The van der Waals surface area contributed by atoms with Crippen LogP contribution in [0.2, 0.25) is 0 Å². The first-order valence-electron chi connectivity index (χ1n) is 6.79. The molecule has 5 nitrogen and oxygen atoms in total. The molecular formula is C14H21N5. The average molecular weight is 259 g/mol. The summed E-state index contributed by atoms with van der Waals surface area (Å²) >= 11 is 0. The summed E-state index contributed by atoms with van der Waals surface area (Å²) in [5, 5.41) is 15.1. The molecular weight excluding hydrogens is 238 g/mol. The molecule has 0 saturated carbocycles. The Morgan fingerprint density at radius 1 is 1.21 bits per heavy atom. The van der Waals surface area contributed by atoms with E-state index in [0.29, 0.717) is 12.5 Å². The third kappa shape index (κ3) is 3.53. The molecule has 0 spiro atoms. The normalized spacial score (nSPS) is 10.9. The quantitative estimate of drug-likeness (QED) is 0.866. The fourth-order valence-corrected chi connectivity index (χ4v) is 1.90. The molecule has 2 aromatic rings. The molecule has 1 N–H and O–H groups in total. The maximum absolute atomic E-state index is 4.04. The van der Waals surface area contributed by atoms with Crippen LogP contribution in [-0.4, -0.2) is 20.2 Å². The molecule has 0 amide bonds. The Morgan fingerprint density at radius 3 is 2.58 bits per heavy atom. The van der Waals surface area contributed by atoms with Crippen molar-refractivity contribution >= 4 is 5.69 Å². The third-order valence-corrected chi connectivity index (χ3v) is 3.07. The lowest BCUT2D eigenvalue weighted by atomic mass is 10.0. The monoisotopic (exact) mass is 259 g/mol. The number of benzene rings is 1. The highest BCUT2D eigenvalue weighted by atomic mass is 15.5. The molecule has 5 heteroatoms. The minimum absolute atomic E-state index is 0.561. The van der Waals surface area contributed by atoms with Crippen LogP contribution in [-0.2, 0) is 13.1 Å². The topological polar surface area (TPSA) is 55.6 Å². The molecule has 0 saturated heterocycles. The van der Waals surface area contributed by atoms with E-state index in [2.05, 4.69) is 65.9 Å². The molecule has 0 radical (unpaired) electrons. The maximum atomic E-state index is 4.04. The van der Waals surface area contributed by atoms with E-state index in [1.807, 2.05) is 4.68 Å². The van der Waals surface area contributed by atoms with Crippen molar-refractivity contribution in [1.82, 2.24) is 20.2 Å². The zero-order chi connectivity index (χ0) is 13.7. The highest BCUT2D eigenvalue weighted by molar-refractivity contribution is 5.45. The number of nitrogens with zero attached hydrogens (tertiary/aromatic N) is 4. The van der Waals surface area contributed by atoms with Gasteiger partial charge in [-0.15, -0.1) is 5.10 Å². The molecule has 102 valence electrons. The molecule has 0 bridgehead atoms. The van der Waals surface area contributed by atoms with Gasteiger partial charge in [0.05, 0.1) is 6.54 Å². The Balaban J connectivity index is 1.96. The zero-order valence-corrected chi connectivity index (χ0v) is 11.8. The summed E-state index contributed by atoms with van der Waals surface area (Å²) < 4.78 is 1.84. The zero-order valence-electron chi connectivity index (χ0n) is 11.8. The summed E-state index contributed by atoms with van der Waals surface area (Å²) in [6, 6.07) is 8.51. The standard InChI is InChI=1S/C14H21N5/c1-4-9-19-14(16-17-18-19)10-15-13-7-5-12(6-8-13)11(2)3/h5-8,11,15H,4,9-10H2,1-3H3. The van der Waals surface area contributed by atoms with Gasteiger partial charge in [0.1, 0.15) is 0 Å². The van der Waals surface area contributed by atoms with E-state index in [1.165, 1.54) is 5.56 Å². The number of aryl methyl sites for hydroxylation is 1. The van der Waals surface area contributed by atoms with Crippen molar-refractivity contribution in [2.45, 2.75) is 46.2 Å². The van der Waals surface area contributed by atoms with E-state index < -0.39 is 0 Å². The van der Waals surface area contributed by atoms with Crippen LogP contribution in [0.3, 0.4) is 0 Å². The van der Waals surface area contributed by atoms with E-state index in [-0.39, 0.29) is 0 Å². The lowest BCUT2D eigenvalue weighted by Crippen LogP contribution is -2.10. The fraction of sp³-hybridized carbons (Fsp3) is 0.500. The number of hydrogen-bond donors (Lipinski definition) is 1. The molecule has 0 aliphatic carbocycles. The minimum atomic E-state index is 0.561. The fourth-order valence-electron chi connectivity index (χ4n) is 1.90. The molecule has 1 heterocycles. The average Bonchev–Trinajstić information content (AvgIpc) is 2.85. The first-order chi connectivity index (χ1) is 9.20. The SMILES string of the molecule is CCCn1nnnc1CNc1ccc(C(C)C)cc1. The second kappa shape index (κ2) is 6.31. The van der Waals surface area contributed by atoms with Gasteiger partial charge in [-0.05, 0) is 40.5 Å². The largest absolute Gasteiger partial charge is 0.378 e. The van der Waals surface area contributed by atoms with Crippen LogP contribution in [0.15, 0.2) is 24.3 Å². The van der Waals surface area contributed by atoms with Gasteiger partial charge in [0.2, 0.25) is 0 Å². The van der Waals surface area contributed by atoms with E-state index in [0.717, 1.165) is 24.5 Å². The van der Waals surface area contributed by atoms with Gasteiger partial charge in [-0.2, -0.15) is 0 Å². The minimum Gasteiger partial charge on any atom is -0.378 e. The van der Waals surface area contributed by atoms with Gasteiger partial charge in [-0.25, -0.2) is 4.68 Å². The first-order valence-corrected chi connectivity index (χ1v) is 6.79. The highest BCUT2D eigenvalue weighted by Gasteiger charge is 2.05. The lowest BCUT2D eigenvalue weighted by Gasteiger charge is -2.09. The number of nitrogens with one attached hydrogen (secondary N) is 1. The highest BCUT2D eigenvalue weighted by Crippen LogP contribution is 2.17. The van der Waals surface area contributed by atoms with Gasteiger partial charge in [0, 0.05) is 12.2 Å². The van der Waals surface area contributed by atoms with Gasteiger partial charge >= 0.3 is 0 Å². The maximum Gasteiger partial charge on any atom is 0.170 e. The van der Waals surface area contributed by atoms with Gasteiger partial charge in [0.25, 0.3) is 0 Å². The van der Waals surface area contributed by atoms with E-state index in [1.54, 1.807) is 0 Å². The molecule has 19 heavy (non-hydrogen) atoms. The first kappa shape index (κ1) is 13.5. The molecule has 1 aromatic carbocycles. The molecule has 1 aromatic heterocycles. The van der Waals surface area contributed by atoms with Crippen molar-refractivity contribution in [3.63, 3.8) is 0 Å².